The molecule has 0 spiro atoms. The fourth-order valence-electron chi connectivity index (χ4n) is 2.31. The van der Waals surface area contributed by atoms with Crippen molar-refractivity contribution in [2.24, 2.45) is 5.14 Å². The Kier molecular flexibility index (Phi) is 6.91. The van der Waals surface area contributed by atoms with Crippen molar-refractivity contribution in [2.75, 3.05) is 11.9 Å². The maximum atomic E-state index is 12.0. The zero-order chi connectivity index (χ0) is 19.9. The van der Waals surface area contributed by atoms with E-state index in [-0.39, 0.29) is 29.7 Å². The number of rotatable bonds is 8. The number of carbonyl (C=O) groups excluding carboxylic acids is 2. The van der Waals surface area contributed by atoms with Crippen molar-refractivity contribution in [2.45, 2.75) is 24.7 Å². The van der Waals surface area contributed by atoms with E-state index in [9.17, 15) is 18.0 Å². The monoisotopic (exact) mass is 391 g/mol. The number of aryl methyl sites for hydroxylation is 1. The highest BCUT2D eigenvalue weighted by Gasteiger charge is 2.14. The van der Waals surface area contributed by atoms with E-state index in [1.54, 1.807) is 24.3 Å². The SMILES string of the molecule is CCc1ccc(NC(=O)CCNC(=O)/C=C/c2ccco2)cc1S(N)(=O)=O. The van der Waals surface area contributed by atoms with Crippen molar-refractivity contribution < 1.29 is 22.4 Å². The molecule has 9 heteroatoms. The smallest absolute Gasteiger partial charge is 0.244 e. The highest BCUT2D eigenvalue weighted by molar-refractivity contribution is 7.89. The van der Waals surface area contributed by atoms with Crippen LogP contribution in [0, 0.1) is 0 Å². The number of carbonyl (C=O) groups is 2. The normalized spacial score (nSPS) is 11.5. The van der Waals surface area contributed by atoms with Crippen molar-refractivity contribution in [1.82, 2.24) is 5.32 Å². The molecule has 0 fully saturated rings. The molecule has 0 aliphatic rings. The number of amides is 2. The Morgan fingerprint density at radius 3 is 2.67 bits per heavy atom. The first-order chi connectivity index (χ1) is 12.8. The third kappa shape index (κ3) is 6.39. The van der Waals surface area contributed by atoms with Gasteiger partial charge < -0.3 is 15.1 Å². The van der Waals surface area contributed by atoms with Crippen LogP contribution >= 0.6 is 0 Å². The lowest BCUT2D eigenvalue weighted by atomic mass is 10.1. The van der Waals surface area contributed by atoms with Gasteiger partial charge in [0.15, 0.2) is 0 Å². The number of primary sulfonamides is 1. The second-order valence-electron chi connectivity index (χ2n) is 5.66. The number of hydrogen-bond donors (Lipinski definition) is 3. The van der Waals surface area contributed by atoms with Gasteiger partial charge in [-0.3, -0.25) is 9.59 Å². The van der Waals surface area contributed by atoms with E-state index in [4.69, 9.17) is 9.56 Å². The summed E-state index contributed by atoms with van der Waals surface area (Å²) >= 11 is 0. The fraction of sp³-hybridized carbons (Fsp3) is 0.222. The van der Waals surface area contributed by atoms with Gasteiger partial charge in [0.05, 0.1) is 11.2 Å². The van der Waals surface area contributed by atoms with Crippen LogP contribution in [0.15, 0.2) is 52.0 Å². The van der Waals surface area contributed by atoms with Gasteiger partial charge in [-0.2, -0.15) is 0 Å². The molecule has 0 radical (unpaired) electrons. The van der Waals surface area contributed by atoms with Crippen molar-refractivity contribution in [3.05, 3.63) is 54.0 Å². The molecule has 1 heterocycles. The van der Waals surface area contributed by atoms with Crippen LogP contribution in [0.1, 0.15) is 24.7 Å². The van der Waals surface area contributed by atoms with E-state index in [0.717, 1.165) is 0 Å². The number of furan rings is 1. The summed E-state index contributed by atoms with van der Waals surface area (Å²) in [5.41, 5.74) is 0.899. The topological polar surface area (TPSA) is 132 Å². The molecule has 2 aromatic rings. The Labute approximate surface area is 157 Å². The van der Waals surface area contributed by atoms with Crippen LogP contribution in [0.5, 0.6) is 0 Å². The predicted octanol–water partition coefficient (Wildman–Crippen LogP) is 1.65. The van der Waals surface area contributed by atoms with Gasteiger partial charge in [0.2, 0.25) is 21.8 Å². The van der Waals surface area contributed by atoms with Crippen LogP contribution in [0.4, 0.5) is 5.69 Å². The van der Waals surface area contributed by atoms with Crippen molar-refractivity contribution in [1.29, 1.82) is 0 Å². The van der Waals surface area contributed by atoms with E-state index in [1.807, 2.05) is 6.92 Å². The van der Waals surface area contributed by atoms with Gasteiger partial charge in [0, 0.05) is 24.7 Å². The molecule has 0 aliphatic carbocycles. The summed E-state index contributed by atoms with van der Waals surface area (Å²) in [6.07, 6.45) is 4.84. The second kappa shape index (κ2) is 9.15. The molecule has 27 heavy (non-hydrogen) atoms. The molecule has 8 nitrogen and oxygen atoms in total. The lowest BCUT2D eigenvalue weighted by molar-refractivity contribution is -0.117. The van der Waals surface area contributed by atoms with Gasteiger partial charge in [0.25, 0.3) is 0 Å². The first-order valence-electron chi connectivity index (χ1n) is 8.24. The Morgan fingerprint density at radius 1 is 1.26 bits per heavy atom. The van der Waals surface area contributed by atoms with Crippen molar-refractivity contribution in [3.63, 3.8) is 0 Å². The number of benzene rings is 1. The summed E-state index contributed by atoms with van der Waals surface area (Å²) in [5, 5.41) is 10.4. The van der Waals surface area contributed by atoms with Gasteiger partial charge in [-0.1, -0.05) is 13.0 Å². The zero-order valence-corrected chi connectivity index (χ0v) is 15.6. The first kappa shape index (κ1) is 20.4. The zero-order valence-electron chi connectivity index (χ0n) is 14.8. The molecule has 0 atom stereocenters. The van der Waals surface area contributed by atoms with Crippen LogP contribution in [0.2, 0.25) is 0 Å². The van der Waals surface area contributed by atoms with E-state index < -0.39 is 10.0 Å². The Hall–Kier alpha value is -2.91. The minimum Gasteiger partial charge on any atom is -0.465 e. The molecule has 1 aromatic heterocycles. The minimum absolute atomic E-state index is 0.0147. The lowest BCUT2D eigenvalue weighted by Crippen LogP contribution is -2.26. The van der Waals surface area contributed by atoms with Crippen LogP contribution in [0.25, 0.3) is 6.08 Å². The van der Waals surface area contributed by atoms with Crippen LogP contribution in [-0.2, 0) is 26.0 Å². The average Bonchev–Trinajstić information content (AvgIpc) is 3.12. The first-order valence-corrected chi connectivity index (χ1v) is 9.79. The quantitative estimate of drug-likeness (QED) is 0.589. The molecule has 0 saturated carbocycles. The minimum atomic E-state index is -3.88. The van der Waals surface area contributed by atoms with Crippen LogP contribution in [0.3, 0.4) is 0 Å². The molecule has 2 rings (SSSR count). The summed E-state index contributed by atoms with van der Waals surface area (Å²) in [4.78, 5) is 23.6. The predicted molar refractivity (Wildman–Crippen MR) is 101 cm³/mol. The standard InChI is InChI=1S/C18H21N3O5S/c1-2-13-5-6-14(12-16(13)27(19,24)25)21-18(23)9-10-20-17(22)8-7-15-4-3-11-26-15/h3-8,11-12H,2,9-10H2,1H3,(H,20,22)(H,21,23)(H2,19,24,25)/b8-7+. The van der Waals surface area contributed by atoms with Crippen LogP contribution in [-0.4, -0.2) is 26.8 Å². The van der Waals surface area contributed by atoms with Gasteiger partial charge in [-0.05, 0) is 42.3 Å². The largest absolute Gasteiger partial charge is 0.465 e. The highest BCUT2D eigenvalue weighted by atomic mass is 32.2. The third-order valence-corrected chi connectivity index (χ3v) is 4.62. The van der Waals surface area contributed by atoms with Gasteiger partial charge >= 0.3 is 0 Å². The van der Waals surface area contributed by atoms with Crippen molar-refractivity contribution >= 4 is 33.6 Å². The summed E-state index contributed by atoms with van der Waals surface area (Å²) < 4.78 is 28.4. The molecule has 0 unspecified atom stereocenters. The van der Waals surface area contributed by atoms with Crippen LogP contribution < -0.4 is 15.8 Å². The van der Waals surface area contributed by atoms with Gasteiger partial charge in [-0.15, -0.1) is 0 Å². The summed E-state index contributed by atoms with van der Waals surface area (Å²) in [6, 6.07) is 7.95. The lowest BCUT2D eigenvalue weighted by Gasteiger charge is -2.10. The molecular formula is C18H21N3O5S. The Bertz CT molecular complexity index is 934. The number of nitrogens with one attached hydrogen (secondary N) is 2. The van der Waals surface area contributed by atoms with Gasteiger partial charge in [0.1, 0.15) is 5.76 Å². The molecule has 0 saturated heterocycles. The molecule has 0 bridgehead atoms. The Morgan fingerprint density at radius 2 is 2.04 bits per heavy atom. The van der Waals surface area contributed by atoms with E-state index in [1.165, 1.54) is 24.5 Å². The molecular weight excluding hydrogens is 370 g/mol. The number of sulfonamides is 1. The van der Waals surface area contributed by atoms with E-state index in [0.29, 0.717) is 23.4 Å². The van der Waals surface area contributed by atoms with Crippen molar-refractivity contribution in [3.8, 4) is 0 Å². The molecule has 2 amide bonds. The van der Waals surface area contributed by atoms with E-state index >= 15 is 0 Å². The number of anilines is 1. The number of hydrogen-bond acceptors (Lipinski definition) is 5. The summed E-state index contributed by atoms with van der Waals surface area (Å²) in [7, 11) is -3.88. The maximum absolute atomic E-state index is 12.0. The van der Waals surface area contributed by atoms with E-state index in [2.05, 4.69) is 10.6 Å². The summed E-state index contributed by atoms with van der Waals surface area (Å²) in [5.74, 6) is -0.179. The molecule has 1 aromatic carbocycles. The third-order valence-electron chi connectivity index (χ3n) is 3.63. The Balaban J connectivity index is 1.86. The highest BCUT2D eigenvalue weighted by Crippen LogP contribution is 2.20. The number of nitrogens with two attached hydrogens (primary N) is 1. The second-order valence-corrected chi connectivity index (χ2v) is 7.19. The van der Waals surface area contributed by atoms with Gasteiger partial charge in [-0.25, -0.2) is 13.6 Å². The summed E-state index contributed by atoms with van der Waals surface area (Å²) in [6.45, 7) is 1.94. The molecule has 144 valence electrons. The molecule has 0 aliphatic heterocycles. The fourth-order valence-corrected chi connectivity index (χ4v) is 3.18. The molecule has 4 N–H and O–H groups in total. The average molecular weight is 391 g/mol. The maximum Gasteiger partial charge on any atom is 0.244 e.